The minimum Gasteiger partial charge on any atom is -0.393 e. The van der Waals surface area contributed by atoms with Crippen LogP contribution in [0.1, 0.15) is 39.0 Å². The summed E-state index contributed by atoms with van der Waals surface area (Å²) in [5.74, 6) is 1.20. The van der Waals surface area contributed by atoms with Crippen molar-refractivity contribution in [1.82, 2.24) is 0 Å². The molecule has 90 valence electrons. The summed E-state index contributed by atoms with van der Waals surface area (Å²) in [5, 5.41) is 9.86. The van der Waals surface area contributed by atoms with Gasteiger partial charge in [0.15, 0.2) is 0 Å². The molecule has 1 saturated carbocycles. The summed E-state index contributed by atoms with van der Waals surface area (Å²) < 4.78 is 21.9. The fourth-order valence-electron chi connectivity index (χ4n) is 2.24. The fraction of sp³-hybridized carbons (Fsp3) is 1.00. The van der Waals surface area contributed by atoms with Crippen LogP contribution >= 0.6 is 0 Å². The monoisotopic (exact) mass is 234 g/mol. The average Bonchev–Trinajstić information content (AvgIpc) is 2.14. The molecule has 1 aliphatic rings. The molecule has 0 aromatic heterocycles. The summed E-state index contributed by atoms with van der Waals surface area (Å²) in [6.07, 6.45) is 5.63. The van der Waals surface area contributed by atoms with Gasteiger partial charge in [0.1, 0.15) is 9.84 Å². The molecule has 0 saturated heterocycles. The van der Waals surface area contributed by atoms with Crippen LogP contribution in [0.2, 0.25) is 0 Å². The Labute approximate surface area is 92.8 Å². The Hall–Kier alpha value is -0.0900. The van der Waals surface area contributed by atoms with E-state index in [-0.39, 0.29) is 5.75 Å². The van der Waals surface area contributed by atoms with E-state index in [1.54, 1.807) is 0 Å². The molecule has 0 aliphatic heterocycles. The number of sulfone groups is 1. The van der Waals surface area contributed by atoms with E-state index in [0.29, 0.717) is 12.3 Å². The van der Waals surface area contributed by atoms with E-state index in [1.807, 2.05) is 0 Å². The molecule has 0 amide bonds. The summed E-state index contributed by atoms with van der Waals surface area (Å²) in [6.45, 7) is 2.24. The van der Waals surface area contributed by atoms with Gasteiger partial charge in [-0.15, -0.1) is 0 Å². The first-order valence-corrected chi connectivity index (χ1v) is 7.80. The lowest BCUT2D eigenvalue weighted by Crippen LogP contribution is -2.27. The van der Waals surface area contributed by atoms with Gasteiger partial charge >= 0.3 is 0 Å². The van der Waals surface area contributed by atoms with Gasteiger partial charge in [-0.3, -0.25) is 0 Å². The largest absolute Gasteiger partial charge is 0.393 e. The van der Waals surface area contributed by atoms with Crippen molar-refractivity contribution >= 4 is 9.84 Å². The van der Waals surface area contributed by atoms with Crippen molar-refractivity contribution in [3.8, 4) is 0 Å². The van der Waals surface area contributed by atoms with Crippen LogP contribution in [0.4, 0.5) is 0 Å². The summed E-state index contributed by atoms with van der Waals surface area (Å²) >= 11 is 0. The molecule has 1 rings (SSSR count). The minimum atomic E-state index is -2.93. The maximum absolute atomic E-state index is 11.0. The van der Waals surface area contributed by atoms with E-state index in [4.69, 9.17) is 0 Å². The number of aliphatic hydroxyl groups is 1. The fourth-order valence-corrected chi connectivity index (χ4v) is 2.91. The SMILES string of the molecule is CC1CCC(C(O)CCS(C)(=O)=O)CC1. The zero-order valence-electron chi connectivity index (χ0n) is 9.65. The van der Waals surface area contributed by atoms with E-state index in [1.165, 1.54) is 19.1 Å². The van der Waals surface area contributed by atoms with E-state index >= 15 is 0 Å². The summed E-state index contributed by atoms with van der Waals surface area (Å²) in [4.78, 5) is 0. The van der Waals surface area contributed by atoms with E-state index in [0.717, 1.165) is 18.8 Å². The number of hydrogen-bond donors (Lipinski definition) is 1. The van der Waals surface area contributed by atoms with Gasteiger partial charge in [0, 0.05) is 6.26 Å². The van der Waals surface area contributed by atoms with Crippen molar-refractivity contribution in [1.29, 1.82) is 0 Å². The highest BCUT2D eigenvalue weighted by atomic mass is 32.2. The normalized spacial score (nSPS) is 30.1. The first-order chi connectivity index (χ1) is 6.88. The van der Waals surface area contributed by atoms with Gasteiger partial charge in [-0.05, 0) is 31.1 Å². The molecule has 15 heavy (non-hydrogen) atoms. The predicted molar refractivity (Wildman–Crippen MR) is 61.5 cm³/mol. The highest BCUT2D eigenvalue weighted by Gasteiger charge is 2.25. The average molecular weight is 234 g/mol. The molecule has 0 bridgehead atoms. The van der Waals surface area contributed by atoms with Crippen LogP contribution in [0.3, 0.4) is 0 Å². The van der Waals surface area contributed by atoms with Crippen LogP contribution in [0, 0.1) is 11.8 Å². The maximum Gasteiger partial charge on any atom is 0.147 e. The molecule has 3 nitrogen and oxygen atoms in total. The minimum absolute atomic E-state index is 0.111. The first-order valence-electron chi connectivity index (χ1n) is 5.74. The molecule has 1 fully saturated rings. The number of rotatable bonds is 4. The van der Waals surface area contributed by atoms with Gasteiger partial charge in [0.05, 0.1) is 11.9 Å². The van der Waals surface area contributed by atoms with Crippen LogP contribution in [0.15, 0.2) is 0 Å². The lowest BCUT2D eigenvalue weighted by molar-refractivity contribution is 0.0734. The van der Waals surface area contributed by atoms with Crippen LogP contribution < -0.4 is 0 Å². The topological polar surface area (TPSA) is 54.4 Å². The van der Waals surface area contributed by atoms with Crippen LogP contribution in [0.25, 0.3) is 0 Å². The van der Waals surface area contributed by atoms with Crippen LogP contribution in [-0.2, 0) is 9.84 Å². The molecule has 0 radical (unpaired) electrons. The van der Waals surface area contributed by atoms with Crippen molar-refractivity contribution in [2.75, 3.05) is 12.0 Å². The van der Waals surface area contributed by atoms with Crippen molar-refractivity contribution < 1.29 is 13.5 Å². The Morgan fingerprint density at radius 3 is 2.27 bits per heavy atom. The Balaban J connectivity index is 2.31. The zero-order chi connectivity index (χ0) is 11.5. The van der Waals surface area contributed by atoms with Crippen molar-refractivity contribution in [2.24, 2.45) is 11.8 Å². The zero-order valence-corrected chi connectivity index (χ0v) is 10.5. The third-order valence-corrected chi connectivity index (χ3v) is 4.37. The lowest BCUT2D eigenvalue weighted by atomic mass is 9.80. The Morgan fingerprint density at radius 1 is 1.27 bits per heavy atom. The molecule has 1 aliphatic carbocycles. The van der Waals surface area contributed by atoms with Gasteiger partial charge in [-0.2, -0.15) is 0 Å². The molecular weight excluding hydrogens is 212 g/mol. The Bertz CT molecular complexity index is 276. The second kappa shape index (κ2) is 5.30. The van der Waals surface area contributed by atoms with Crippen LogP contribution in [0.5, 0.6) is 0 Å². The second-order valence-corrected chi connectivity index (χ2v) is 7.27. The molecule has 0 aromatic carbocycles. The van der Waals surface area contributed by atoms with E-state index in [2.05, 4.69) is 6.92 Å². The van der Waals surface area contributed by atoms with Crippen LogP contribution in [-0.4, -0.2) is 31.6 Å². The third kappa shape index (κ3) is 4.98. The molecule has 1 atom stereocenters. The predicted octanol–water partition coefficient (Wildman–Crippen LogP) is 1.61. The molecule has 0 spiro atoms. The number of aliphatic hydroxyl groups excluding tert-OH is 1. The molecule has 1 unspecified atom stereocenters. The molecular formula is C11H22O3S. The summed E-state index contributed by atoms with van der Waals surface area (Å²) in [6, 6.07) is 0. The van der Waals surface area contributed by atoms with Gasteiger partial charge in [0.2, 0.25) is 0 Å². The first kappa shape index (κ1) is 13.0. The van der Waals surface area contributed by atoms with Crippen molar-refractivity contribution in [3.63, 3.8) is 0 Å². The van der Waals surface area contributed by atoms with Gasteiger partial charge in [-0.25, -0.2) is 8.42 Å². The van der Waals surface area contributed by atoms with Gasteiger partial charge in [0.25, 0.3) is 0 Å². The highest BCUT2D eigenvalue weighted by molar-refractivity contribution is 7.90. The number of hydrogen-bond acceptors (Lipinski definition) is 3. The highest BCUT2D eigenvalue weighted by Crippen LogP contribution is 2.31. The summed E-state index contributed by atoms with van der Waals surface area (Å²) in [7, 11) is -2.93. The molecule has 0 aromatic rings. The Kier molecular flexibility index (Phi) is 4.59. The maximum atomic E-state index is 11.0. The van der Waals surface area contributed by atoms with Crippen molar-refractivity contribution in [2.45, 2.75) is 45.1 Å². The molecule has 4 heteroatoms. The smallest absolute Gasteiger partial charge is 0.147 e. The van der Waals surface area contributed by atoms with E-state index in [9.17, 15) is 13.5 Å². The molecule has 1 N–H and O–H groups in total. The molecule has 0 heterocycles. The van der Waals surface area contributed by atoms with Gasteiger partial charge < -0.3 is 5.11 Å². The Morgan fingerprint density at radius 2 is 1.80 bits per heavy atom. The van der Waals surface area contributed by atoms with E-state index < -0.39 is 15.9 Å². The van der Waals surface area contributed by atoms with Gasteiger partial charge in [-0.1, -0.05) is 19.8 Å². The standard InChI is InChI=1S/C11H22O3S/c1-9-3-5-10(6-4-9)11(12)7-8-15(2,13)14/h9-12H,3-8H2,1-2H3. The second-order valence-electron chi connectivity index (χ2n) is 5.01. The lowest BCUT2D eigenvalue weighted by Gasteiger charge is -2.29. The van der Waals surface area contributed by atoms with Crippen molar-refractivity contribution in [3.05, 3.63) is 0 Å². The summed E-state index contributed by atoms with van der Waals surface area (Å²) in [5.41, 5.74) is 0. The third-order valence-electron chi connectivity index (χ3n) is 3.39. The quantitative estimate of drug-likeness (QED) is 0.804.